The van der Waals surface area contributed by atoms with Crippen molar-refractivity contribution >= 4 is 38.9 Å². The number of fused-ring (bicyclic) bond motifs is 5. The molecule has 3 aromatic heterocycles. The van der Waals surface area contributed by atoms with Crippen LogP contribution < -0.4 is 4.90 Å². The van der Waals surface area contributed by atoms with Crippen molar-refractivity contribution in [3.63, 3.8) is 0 Å². The van der Waals surface area contributed by atoms with Gasteiger partial charge in [-0.1, -0.05) is 74.5 Å². The summed E-state index contributed by atoms with van der Waals surface area (Å²) >= 11 is 0. The molecule has 196 valence electrons. The minimum Gasteiger partial charge on any atom is -0.310 e. The van der Waals surface area contributed by atoms with Gasteiger partial charge >= 0.3 is 0 Å². The van der Waals surface area contributed by atoms with Crippen molar-refractivity contribution in [3.8, 4) is 17.1 Å². The van der Waals surface area contributed by atoms with Crippen molar-refractivity contribution in [2.45, 2.75) is 19.3 Å². The third-order valence-corrected chi connectivity index (χ3v) is 8.47. The molecule has 4 heterocycles. The Bertz CT molecular complexity index is 2070. The molecule has 0 N–H and O–H groups in total. The molecule has 1 aliphatic heterocycles. The third kappa shape index (κ3) is 3.54. The van der Waals surface area contributed by atoms with Gasteiger partial charge < -0.3 is 4.90 Å². The standard InChI is InChI=1S/C37H28N4/c1-37(2)29-15-4-6-18-33(29)40(26-13-11-12-25(22-26)31-16-7-9-20-38-31)35-24-34-28(23-30(35)37)27-14-3-5-17-32(27)41(34)36-19-8-10-21-39-36/h3-24H,1-2H3. The van der Waals surface area contributed by atoms with E-state index in [1.165, 1.54) is 33.3 Å². The molecule has 0 spiro atoms. The molecular weight excluding hydrogens is 500 g/mol. The summed E-state index contributed by atoms with van der Waals surface area (Å²) < 4.78 is 2.29. The highest BCUT2D eigenvalue weighted by Crippen LogP contribution is 2.53. The molecule has 0 saturated carbocycles. The zero-order chi connectivity index (χ0) is 27.6. The van der Waals surface area contributed by atoms with Crippen LogP contribution in [0.5, 0.6) is 0 Å². The predicted molar refractivity (Wildman–Crippen MR) is 169 cm³/mol. The van der Waals surface area contributed by atoms with E-state index in [0.29, 0.717) is 0 Å². The molecule has 0 unspecified atom stereocenters. The number of nitrogens with zero attached hydrogens (tertiary/aromatic N) is 4. The summed E-state index contributed by atoms with van der Waals surface area (Å²) in [6, 6.07) is 43.1. The average Bonchev–Trinajstić information content (AvgIpc) is 3.35. The average molecular weight is 529 g/mol. The lowest BCUT2D eigenvalue weighted by Gasteiger charge is -2.42. The molecular formula is C37H28N4. The highest BCUT2D eigenvalue weighted by Gasteiger charge is 2.37. The van der Waals surface area contributed by atoms with Crippen LogP contribution in [0.25, 0.3) is 38.9 Å². The van der Waals surface area contributed by atoms with Gasteiger partial charge in [-0.05, 0) is 71.8 Å². The molecule has 4 nitrogen and oxygen atoms in total. The maximum Gasteiger partial charge on any atom is 0.137 e. The number of aromatic nitrogens is 3. The van der Waals surface area contributed by atoms with Crippen molar-refractivity contribution in [1.82, 2.24) is 14.5 Å². The van der Waals surface area contributed by atoms with Crippen LogP contribution in [0.2, 0.25) is 0 Å². The fourth-order valence-corrected chi connectivity index (χ4v) is 6.51. The van der Waals surface area contributed by atoms with Gasteiger partial charge in [0.15, 0.2) is 0 Å². The van der Waals surface area contributed by atoms with Gasteiger partial charge in [0.25, 0.3) is 0 Å². The van der Waals surface area contributed by atoms with Crippen molar-refractivity contribution in [3.05, 3.63) is 145 Å². The zero-order valence-corrected chi connectivity index (χ0v) is 23.0. The second-order valence-corrected chi connectivity index (χ2v) is 11.2. The Kier molecular flexibility index (Phi) is 5.13. The first kappa shape index (κ1) is 23.6. The van der Waals surface area contributed by atoms with Gasteiger partial charge in [0.1, 0.15) is 5.82 Å². The summed E-state index contributed by atoms with van der Waals surface area (Å²) in [6.07, 6.45) is 3.71. The molecule has 0 amide bonds. The first-order chi connectivity index (χ1) is 20.1. The molecule has 0 radical (unpaired) electrons. The lowest BCUT2D eigenvalue weighted by molar-refractivity contribution is 0.633. The van der Waals surface area contributed by atoms with Gasteiger partial charge in [0, 0.05) is 39.8 Å². The summed E-state index contributed by atoms with van der Waals surface area (Å²) in [6.45, 7) is 4.69. The van der Waals surface area contributed by atoms with E-state index in [0.717, 1.165) is 33.8 Å². The van der Waals surface area contributed by atoms with Crippen LogP contribution in [0.4, 0.5) is 17.1 Å². The molecule has 7 aromatic rings. The van der Waals surface area contributed by atoms with Gasteiger partial charge in [-0.2, -0.15) is 0 Å². The molecule has 1 aliphatic rings. The summed E-state index contributed by atoms with van der Waals surface area (Å²) in [5.74, 6) is 0.915. The Hall–Kier alpha value is -5.22. The smallest absolute Gasteiger partial charge is 0.137 e. The first-order valence-corrected chi connectivity index (χ1v) is 14.0. The number of anilines is 3. The molecule has 8 rings (SSSR count). The fourth-order valence-electron chi connectivity index (χ4n) is 6.51. The zero-order valence-electron chi connectivity index (χ0n) is 23.0. The second-order valence-electron chi connectivity index (χ2n) is 11.2. The van der Waals surface area contributed by atoms with Crippen LogP contribution in [0.3, 0.4) is 0 Å². The number of hydrogen-bond acceptors (Lipinski definition) is 3. The quantitative estimate of drug-likeness (QED) is 0.229. The van der Waals surface area contributed by atoms with Gasteiger partial charge in [-0.15, -0.1) is 0 Å². The Morgan fingerprint density at radius 3 is 2.17 bits per heavy atom. The van der Waals surface area contributed by atoms with Crippen LogP contribution in [0, 0.1) is 0 Å². The molecule has 4 aromatic carbocycles. The van der Waals surface area contributed by atoms with E-state index in [2.05, 4.69) is 131 Å². The lowest BCUT2D eigenvalue weighted by Crippen LogP contribution is -2.30. The normalized spacial score (nSPS) is 13.8. The molecule has 0 atom stereocenters. The van der Waals surface area contributed by atoms with Crippen molar-refractivity contribution in [2.24, 2.45) is 0 Å². The Morgan fingerprint density at radius 1 is 0.561 bits per heavy atom. The number of rotatable bonds is 3. The van der Waals surface area contributed by atoms with E-state index in [-0.39, 0.29) is 5.41 Å². The predicted octanol–water partition coefficient (Wildman–Crippen LogP) is 9.35. The SMILES string of the molecule is CC1(C)c2ccccc2N(c2cccc(-c3ccccn3)c2)c2cc3c(cc21)c1ccccc1n3-c1ccccn1. The maximum absolute atomic E-state index is 4.76. The molecule has 0 fully saturated rings. The minimum atomic E-state index is -0.191. The van der Waals surface area contributed by atoms with E-state index < -0.39 is 0 Å². The van der Waals surface area contributed by atoms with Crippen molar-refractivity contribution in [1.29, 1.82) is 0 Å². The Labute approximate surface area is 239 Å². The second kappa shape index (κ2) is 8.90. The van der Waals surface area contributed by atoms with Crippen LogP contribution in [0.1, 0.15) is 25.0 Å². The number of para-hydroxylation sites is 2. The molecule has 0 bridgehead atoms. The van der Waals surface area contributed by atoms with E-state index in [1.807, 2.05) is 30.6 Å². The van der Waals surface area contributed by atoms with E-state index in [9.17, 15) is 0 Å². The highest BCUT2D eigenvalue weighted by atomic mass is 15.2. The number of benzene rings is 4. The van der Waals surface area contributed by atoms with Crippen LogP contribution in [-0.2, 0) is 5.41 Å². The van der Waals surface area contributed by atoms with Gasteiger partial charge in [0.2, 0.25) is 0 Å². The molecule has 0 aliphatic carbocycles. The monoisotopic (exact) mass is 528 g/mol. The molecule has 0 saturated heterocycles. The Morgan fingerprint density at radius 2 is 1.34 bits per heavy atom. The summed E-state index contributed by atoms with van der Waals surface area (Å²) in [5, 5.41) is 2.47. The number of pyridine rings is 2. The van der Waals surface area contributed by atoms with Crippen LogP contribution in [0.15, 0.2) is 134 Å². The largest absolute Gasteiger partial charge is 0.310 e. The van der Waals surface area contributed by atoms with E-state index in [1.54, 1.807) is 0 Å². The summed E-state index contributed by atoms with van der Waals surface area (Å²) in [4.78, 5) is 11.8. The summed E-state index contributed by atoms with van der Waals surface area (Å²) in [5.41, 5.74) is 10.3. The Balaban J connectivity index is 1.46. The third-order valence-electron chi connectivity index (χ3n) is 8.47. The maximum atomic E-state index is 4.76. The fraction of sp³-hybridized carbons (Fsp3) is 0.0811. The highest BCUT2D eigenvalue weighted by molar-refractivity contribution is 6.11. The lowest BCUT2D eigenvalue weighted by atomic mass is 9.73. The van der Waals surface area contributed by atoms with Gasteiger partial charge in [0.05, 0.1) is 28.1 Å². The topological polar surface area (TPSA) is 34.0 Å². The van der Waals surface area contributed by atoms with E-state index >= 15 is 0 Å². The van der Waals surface area contributed by atoms with Crippen LogP contribution >= 0.6 is 0 Å². The van der Waals surface area contributed by atoms with Gasteiger partial charge in [-0.25, -0.2) is 4.98 Å². The van der Waals surface area contributed by atoms with Crippen LogP contribution in [-0.4, -0.2) is 14.5 Å². The van der Waals surface area contributed by atoms with Crippen molar-refractivity contribution < 1.29 is 0 Å². The minimum absolute atomic E-state index is 0.191. The summed E-state index contributed by atoms with van der Waals surface area (Å²) in [7, 11) is 0. The number of hydrogen-bond donors (Lipinski definition) is 0. The van der Waals surface area contributed by atoms with E-state index in [4.69, 9.17) is 4.98 Å². The first-order valence-electron chi connectivity index (χ1n) is 14.0. The molecule has 4 heteroatoms. The van der Waals surface area contributed by atoms with Gasteiger partial charge in [-0.3, -0.25) is 9.55 Å². The van der Waals surface area contributed by atoms with Crippen molar-refractivity contribution in [2.75, 3.05) is 4.90 Å². The molecule has 41 heavy (non-hydrogen) atoms.